The van der Waals surface area contributed by atoms with Gasteiger partial charge in [-0.2, -0.15) is 0 Å². The van der Waals surface area contributed by atoms with Gasteiger partial charge in [0.05, 0.1) is 12.6 Å². The van der Waals surface area contributed by atoms with Crippen molar-refractivity contribution in [2.75, 3.05) is 31.5 Å². The Kier molecular flexibility index (Phi) is 23.0. The molecule has 0 aliphatic heterocycles. The highest BCUT2D eigenvalue weighted by molar-refractivity contribution is 5.99. The molecule has 0 aliphatic carbocycles. The van der Waals surface area contributed by atoms with Crippen molar-refractivity contribution in [3.05, 3.63) is 29.3 Å². The van der Waals surface area contributed by atoms with Gasteiger partial charge in [0.1, 0.15) is 6.61 Å². The molecule has 0 saturated heterocycles. The predicted molar refractivity (Wildman–Crippen MR) is 166 cm³/mol. The number of amides is 5. The third-order valence-electron chi connectivity index (χ3n) is 5.18. The average Bonchev–Trinajstić information content (AvgIpc) is 2.96. The molecule has 1 rings (SSSR count). The second-order valence-corrected chi connectivity index (χ2v) is 9.53. The summed E-state index contributed by atoms with van der Waals surface area (Å²) in [5.41, 5.74) is 11.3. The van der Waals surface area contributed by atoms with E-state index in [2.05, 4.69) is 26.6 Å². The van der Waals surface area contributed by atoms with E-state index in [4.69, 9.17) is 16.2 Å². The van der Waals surface area contributed by atoms with Crippen LogP contribution in [0.3, 0.4) is 0 Å². The number of anilines is 1. The molecule has 0 aliphatic rings. The van der Waals surface area contributed by atoms with Gasteiger partial charge in [0, 0.05) is 48.9 Å². The Labute approximate surface area is 250 Å². The maximum Gasteiger partial charge on any atom is 0.312 e. The molecule has 1 aromatic carbocycles. The normalized spacial score (nSPS) is 10.7. The monoisotopic (exact) mass is 595 g/mol. The van der Waals surface area contributed by atoms with Crippen molar-refractivity contribution in [1.82, 2.24) is 21.3 Å². The number of primary amides is 1. The molecule has 5 amide bonds. The highest BCUT2D eigenvalue weighted by atomic mass is 16.5. The summed E-state index contributed by atoms with van der Waals surface area (Å²) >= 11 is 0. The summed E-state index contributed by atoms with van der Waals surface area (Å²) in [6.45, 7) is 16.3. The minimum absolute atomic E-state index is 0.0550. The van der Waals surface area contributed by atoms with Crippen LogP contribution in [0.5, 0.6) is 0 Å². The van der Waals surface area contributed by atoms with E-state index < -0.39 is 23.9 Å². The third kappa shape index (κ3) is 18.6. The molecule has 0 spiro atoms. The number of nitrogens with two attached hydrogens (primary N) is 2. The van der Waals surface area contributed by atoms with E-state index in [0.717, 1.165) is 6.42 Å². The molecule has 0 fully saturated rings. The molecule has 0 saturated carbocycles. The number of hydrogen-bond acceptors (Lipinski definition) is 8. The van der Waals surface area contributed by atoms with Crippen LogP contribution in [0, 0.1) is 5.92 Å². The van der Waals surface area contributed by atoms with Crippen molar-refractivity contribution in [2.24, 2.45) is 17.4 Å². The van der Waals surface area contributed by atoms with Crippen LogP contribution in [0.4, 0.5) is 10.5 Å². The van der Waals surface area contributed by atoms with Gasteiger partial charge < -0.3 is 42.8 Å². The van der Waals surface area contributed by atoms with E-state index in [0.29, 0.717) is 17.8 Å². The first-order valence-electron chi connectivity index (χ1n) is 14.5. The van der Waals surface area contributed by atoms with Gasteiger partial charge in [-0.15, -0.1) is 0 Å². The van der Waals surface area contributed by atoms with Crippen LogP contribution >= 0.6 is 0 Å². The molecule has 1 unspecified atom stereocenters. The second kappa shape index (κ2) is 23.9. The Bertz CT molecular complexity index is 970. The van der Waals surface area contributed by atoms with Gasteiger partial charge in [-0.3, -0.25) is 19.2 Å². The zero-order valence-corrected chi connectivity index (χ0v) is 26.5. The van der Waals surface area contributed by atoms with Crippen molar-refractivity contribution < 1.29 is 28.7 Å². The number of hydrogen-bond donors (Lipinski definition) is 7. The zero-order valence-electron chi connectivity index (χ0n) is 26.5. The Balaban J connectivity index is 0. The van der Waals surface area contributed by atoms with Gasteiger partial charge in [0.25, 0.3) is 5.91 Å². The summed E-state index contributed by atoms with van der Waals surface area (Å²) in [6.07, 6.45) is 1.15. The maximum atomic E-state index is 12.5. The van der Waals surface area contributed by atoms with Crippen LogP contribution in [-0.4, -0.2) is 68.0 Å². The lowest BCUT2D eigenvalue weighted by Crippen LogP contribution is -2.51. The highest BCUT2D eigenvalue weighted by Gasteiger charge is 2.23. The predicted octanol–water partition coefficient (Wildman–Crippen LogP) is 2.00. The fourth-order valence-corrected chi connectivity index (χ4v) is 3.19. The fourth-order valence-electron chi connectivity index (χ4n) is 3.19. The van der Waals surface area contributed by atoms with Crippen LogP contribution in [0.2, 0.25) is 0 Å². The van der Waals surface area contributed by atoms with Crippen LogP contribution in [0.15, 0.2) is 18.2 Å². The Morgan fingerprint density at radius 2 is 1.57 bits per heavy atom. The van der Waals surface area contributed by atoms with E-state index in [1.165, 1.54) is 6.07 Å². The molecule has 13 heteroatoms. The fraction of sp³-hybridized carbons (Fsp3) is 0.621. The lowest BCUT2D eigenvalue weighted by molar-refractivity contribution is -0.144. The third-order valence-corrected chi connectivity index (χ3v) is 5.18. The number of rotatable bonds is 15. The van der Waals surface area contributed by atoms with Gasteiger partial charge in [-0.05, 0) is 24.5 Å². The van der Waals surface area contributed by atoms with Gasteiger partial charge in [0.15, 0.2) is 0 Å². The Hall–Kier alpha value is -3.71. The summed E-state index contributed by atoms with van der Waals surface area (Å²) in [6, 6.07) is 3.97. The molecule has 42 heavy (non-hydrogen) atoms. The lowest BCUT2D eigenvalue weighted by atomic mass is 10.0. The molecular weight excluding hydrogens is 542 g/mol. The standard InChI is InChI=1S/C23H37N5O5.C4H10N2O.C2H6/c1-6-20(30)33-13-16-7-8-17(11-18(16)22(31)25-10-9-24)28-19(29)12-26-23(32)21(14(2)3)27-15(4)5;1-2-3-6-4(5)7;1-2/h7-8,11,14-15,21,27H,6,9-10,12-13,24H2,1-5H3,(H,25,31)(H,26,32)(H,28,29);2-3H2,1H3,(H3,5,6,7);1-2H3. The van der Waals surface area contributed by atoms with Crippen molar-refractivity contribution in [1.29, 1.82) is 0 Å². The van der Waals surface area contributed by atoms with Crippen molar-refractivity contribution in [2.45, 2.75) is 86.9 Å². The summed E-state index contributed by atoms with van der Waals surface area (Å²) < 4.78 is 5.14. The Morgan fingerprint density at radius 3 is 2.05 bits per heavy atom. The van der Waals surface area contributed by atoms with E-state index in [1.807, 2.05) is 48.5 Å². The molecule has 0 bridgehead atoms. The first-order chi connectivity index (χ1) is 19.9. The number of ether oxygens (including phenoxy) is 1. The molecule has 0 aromatic heterocycles. The molecule has 0 heterocycles. The lowest BCUT2D eigenvalue weighted by Gasteiger charge is -2.23. The molecule has 240 valence electrons. The summed E-state index contributed by atoms with van der Waals surface area (Å²) in [7, 11) is 0. The topological polar surface area (TPSA) is 207 Å². The number of esters is 1. The molecule has 9 N–H and O–H groups in total. The molecule has 0 radical (unpaired) electrons. The summed E-state index contributed by atoms with van der Waals surface area (Å²) in [5, 5.41) is 13.6. The van der Waals surface area contributed by atoms with Gasteiger partial charge in [-0.25, -0.2) is 4.79 Å². The van der Waals surface area contributed by atoms with Crippen LogP contribution in [0.25, 0.3) is 0 Å². The summed E-state index contributed by atoms with van der Waals surface area (Å²) in [4.78, 5) is 58.7. The number of benzene rings is 1. The minimum Gasteiger partial charge on any atom is -0.461 e. The first kappa shape index (κ1) is 40.4. The molecular formula is C29H53N7O6. The maximum absolute atomic E-state index is 12.5. The number of carbonyl (C=O) groups excluding carboxylic acids is 5. The number of nitrogens with one attached hydrogen (secondary N) is 5. The molecule has 13 nitrogen and oxygen atoms in total. The van der Waals surface area contributed by atoms with E-state index in [-0.39, 0.29) is 62.1 Å². The molecule has 1 aromatic rings. The van der Waals surface area contributed by atoms with Crippen molar-refractivity contribution >= 4 is 35.4 Å². The van der Waals surface area contributed by atoms with Crippen molar-refractivity contribution in [3.8, 4) is 0 Å². The zero-order chi connectivity index (χ0) is 32.7. The Morgan fingerprint density at radius 1 is 0.929 bits per heavy atom. The number of carbonyl (C=O) groups is 5. The minimum atomic E-state index is -0.443. The average molecular weight is 596 g/mol. The van der Waals surface area contributed by atoms with Crippen molar-refractivity contribution in [3.63, 3.8) is 0 Å². The van der Waals surface area contributed by atoms with Gasteiger partial charge in [0.2, 0.25) is 11.8 Å². The van der Waals surface area contributed by atoms with E-state index in [1.54, 1.807) is 19.1 Å². The first-order valence-corrected chi connectivity index (χ1v) is 14.5. The van der Waals surface area contributed by atoms with Crippen LogP contribution in [-0.2, 0) is 25.7 Å². The summed E-state index contributed by atoms with van der Waals surface area (Å²) in [5.74, 6) is -1.42. The quantitative estimate of drug-likeness (QED) is 0.149. The van der Waals surface area contributed by atoms with Gasteiger partial charge >= 0.3 is 12.0 Å². The van der Waals surface area contributed by atoms with Gasteiger partial charge in [-0.1, -0.05) is 61.5 Å². The second-order valence-electron chi connectivity index (χ2n) is 9.53. The largest absolute Gasteiger partial charge is 0.461 e. The SMILES string of the molecule is CC.CCC(=O)OCc1ccc(NC(=O)CNC(=O)C(NC(C)C)C(C)C)cc1C(=O)NCCN.CCCNC(N)=O. The van der Waals surface area contributed by atoms with Crippen LogP contribution < -0.4 is 38.1 Å². The number of urea groups is 1. The van der Waals surface area contributed by atoms with Crippen LogP contribution in [0.1, 0.15) is 84.2 Å². The smallest absolute Gasteiger partial charge is 0.312 e. The van der Waals surface area contributed by atoms with E-state index in [9.17, 15) is 24.0 Å². The molecule has 1 atom stereocenters. The van der Waals surface area contributed by atoms with E-state index >= 15 is 0 Å². The highest BCUT2D eigenvalue weighted by Crippen LogP contribution is 2.18.